The van der Waals surface area contributed by atoms with E-state index < -0.39 is 17.6 Å². The summed E-state index contributed by atoms with van der Waals surface area (Å²) in [4.78, 5) is 10.7. The van der Waals surface area contributed by atoms with Gasteiger partial charge in [0.15, 0.2) is 11.6 Å². The van der Waals surface area contributed by atoms with Crippen molar-refractivity contribution in [3.05, 3.63) is 63.6 Å². The van der Waals surface area contributed by atoms with Gasteiger partial charge < -0.3 is 9.84 Å². The highest BCUT2D eigenvalue weighted by atomic mass is 79.9. The Kier molecular flexibility index (Phi) is 4.34. The molecule has 0 saturated heterocycles. The summed E-state index contributed by atoms with van der Waals surface area (Å²) < 4.78 is 32.9. The van der Waals surface area contributed by atoms with Crippen LogP contribution >= 0.6 is 15.9 Å². The molecule has 0 radical (unpaired) electrons. The van der Waals surface area contributed by atoms with Crippen molar-refractivity contribution in [2.45, 2.75) is 6.61 Å². The van der Waals surface area contributed by atoms with Crippen LogP contribution in [0.2, 0.25) is 0 Å². The molecule has 0 saturated carbocycles. The molecule has 0 unspecified atom stereocenters. The number of halogens is 3. The number of benzene rings is 2. The van der Waals surface area contributed by atoms with Gasteiger partial charge in [0.1, 0.15) is 12.4 Å². The fourth-order valence-corrected chi connectivity index (χ4v) is 1.88. The summed E-state index contributed by atoms with van der Waals surface area (Å²) in [5.74, 6) is -2.63. The van der Waals surface area contributed by atoms with Crippen LogP contribution in [0.15, 0.2) is 40.9 Å². The molecule has 3 nitrogen and oxygen atoms in total. The summed E-state index contributed by atoms with van der Waals surface area (Å²) >= 11 is 3.13. The lowest BCUT2D eigenvalue weighted by atomic mass is 10.2. The Morgan fingerprint density at radius 1 is 1.15 bits per heavy atom. The lowest BCUT2D eigenvalue weighted by molar-refractivity contribution is 0.0696. The van der Waals surface area contributed by atoms with E-state index in [1.165, 1.54) is 24.3 Å². The standard InChI is InChI=1S/C14H9BrF2O3/c15-10-3-1-9(11(16)6-10)7-20-13-4-2-8(14(18)19)5-12(13)17/h1-6H,7H2,(H,18,19). The smallest absolute Gasteiger partial charge is 0.335 e. The van der Waals surface area contributed by atoms with Crippen molar-refractivity contribution < 1.29 is 23.4 Å². The summed E-state index contributed by atoms with van der Waals surface area (Å²) in [5, 5.41) is 8.71. The second kappa shape index (κ2) is 6.00. The number of ether oxygens (including phenoxy) is 1. The number of hydrogen-bond acceptors (Lipinski definition) is 2. The highest BCUT2D eigenvalue weighted by Gasteiger charge is 2.10. The number of carbonyl (C=O) groups is 1. The first-order chi connectivity index (χ1) is 9.47. The molecule has 0 fully saturated rings. The average molecular weight is 343 g/mol. The zero-order valence-electron chi connectivity index (χ0n) is 10.1. The highest BCUT2D eigenvalue weighted by molar-refractivity contribution is 9.10. The molecule has 0 spiro atoms. The largest absolute Gasteiger partial charge is 0.486 e. The van der Waals surface area contributed by atoms with Crippen molar-refractivity contribution >= 4 is 21.9 Å². The summed E-state index contributed by atoms with van der Waals surface area (Å²) in [7, 11) is 0. The van der Waals surface area contributed by atoms with Crippen LogP contribution < -0.4 is 4.74 Å². The highest BCUT2D eigenvalue weighted by Crippen LogP contribution is 2.21. The molecular formula is C14H9BrF2O3. The second-order valence-electron chi connectivity index (χ2n) is 3.97. The third-order valence-corrected chi connectivity index (χ3v) is 3.07. The number of carboxylic acid groups (broad SMARTS) is 1. The third kappa shape index (κ3) is 3.33. The van der Waals surface area contributed by atoms with Gasteiger partial charge in [0.25, 0.3) is 0 Å². The van der Waals surface area contributed by atoms with Crippen LogP contribution in [-0.4, -0.2) is 11.1 Å². The topological polar surface area (TPSA) is 46.5 Å². The van der Waals surface area contributed by atoms with Crippen molar-refractivity contribution in [2.24, 2.45) is 0 Å². The fraction of sp³-hybridized carbons (Fsp3) is 0.0714. The van der Waals surface area contributed by atoms with Crippen molar-refractivity contribution in [2.75, 3.05) is 0 Å². The van der Waals surface area contributed by atoms with Crippen LogP contribution in [0.1, 0.15) is 15.9 Å². The van der Waals surface area contributed by atoms with Gasteiger partial charge in [-0.1, -0.05) is 22.0 Å². The van der Waals surface area contributed by atoms with Gasteiger partial charge in [-0.15, -0.1) is 0 Å². The Bertz CT molecular complexity index is 659. The Balaban J connectivity index is 2.13. The van der Waals surface area contributed by atoms with E-state index in [0.717, 1.165) is 6.07 Å². The molecule has 0 aromatic heterocycles. The van der Waals surface area contributed by atoms with Crippen LogP contribution in [0, 0.1) is 11.6 Å². The van der Waals surface area contributed by atoms with E-state index in [9.17, 15) is 13.6 Å². The lowest BCUT2D eigenvalue weighted by Crippen LogP contribution is -2.02. The molecule has 0 heterocycles. The predicted octanol–water partition coefficient (Wildman–Crippen LogP) is 4.00. The summed E-state index contributed by atoms with van der Waals surface area (Å²) in [6.45, 7) is -0.150. The van der Waals surface area contributed by atoms with Crippen LogP contribution in [0.5, 0.6) is 5.75 Å². The van der Waals surface area contributed by atoms with Crippen LogP contribution in [0.3, 0.4) is 0 Å². The first-order valence-corrected chi connectivity index (χ1v) is 6.36. The van der Waals surface area contributed by atoms with Gasteiger partial charge in [-0.25, -0.2) is 13.6 Å². The van der Waals surface area contributed by atoms with Gasteiger partial charge in [0, 0.05) is 10.0 Å². The van der Waals surface area contributed by atoms with E-state index >= 15 is 0 Å². The SMILES string of the molecule is O=C(O)c1ccc(OCc2ccc(Br)cc2F)c(F)c1. The molecule has 2 rings (SSSR count). The van der Waals surface area contributed by atoms with E-state index in [4.69, 9.17) is 9.84 Å². The zero-order valence-corrected chi connectivity index (χ0v) is 11.7. The van der Waals surface area contributed by atoms with Gasteiger partial charge in [0.2, 0.25) is 0 Å². The molecule has 0 aliphatic rings. The molecule has 0 atom stereocenters. The van der Waals surface area contributed by atoms with Crippen molar-refractivity contribution in [3.63, 3.8) is 0 Å². The normalized spacial score (nSPS) is 10.3. The average Bonchev–Trinajstić information content (AvgIpc) is 2.38. The maximum absolute atomic E-state index is 13.6. The quantitative estimate of drug-likeness (QED) is 0.913. The Labute approximate surface area is 121 Å². The number of carboxylic acids is 1. The Morgan fingerprint density at radius 3 is 2.50 bits per heavy atom. The van der Waals surface area contributed by atoms with E-state index in [1.807, 2.05) is 0 Å². The van der Waals surface area contributed by atoms with E-state index in [0.29, 0.717) is 4.47 Å². The number of hydrogen-bond donors (Lipinski definition) is 1. The fourth-order valence-electron chi connectivity index (χ4n) is 1.55. The van der Waals surface area contributed by atoms with E-state index in [2.05, 4.69) is 15.9 Å². The molecule has 0 aliphatic heterocycles. The summed E-state index contributed by atoms with van der Waals surface area (Å²) in [5.41, 5.74) is 0.0968. The molecular weight excluding hydrogens is 334 g/mol. The number of rotatable bonds is 4. The van der Waals surface area contributed by atoms with Gasteiger partial charge in [-0.05, 0) is 30.3 Å². The first-order valence-electron chi connectivity index (χ1n) is 5.57. The van der Waals surface area contributed by atoms with Crippen LogP contribution in [0.4, 0.5) is 8.78 Å². The Morgan fingerprint density at radius 2 is 1.90 bits per heavy atom. The first kappa shape index (κ1) is 14.5. The number of aromatic carboxylic acids is 1. The molecule has 0 aliphatic carbocycles. The van der Waals surface area contributed by atoms with Gasteiger partial charge in [-0.3, -0.25) is 0 Å². The monoisotopic (exact) mass is 342 g/mol. The summed E-state index contributed by atoms with van der Waals surface area (Å²) in [6, 6.07) is 7.72. The van der Waals surface area contributed by atoms with Gasteiger partial charge in [-0.2, -0.15) is 0 Å². The maximum atomic E-state index is 13.6. The van der Waals surface area contributed by atoms with Crippen LogP contribution in [-0.2, 0) is 6.61 Å². The molecule has 104 valence electrons. The third-order valence-electron chi connectivity index (χ3n) is 2.58. The minimum atomic E-state index is -1.23. The minimum Gasteiger partial charge on any atom is -0.486 e. The minimum absolute atomic E-state index is 0.127. The molecule has 2 aromatic carbocycles. The molecule has 0 bridgehead atoms. The Hall–Kier alpha value is -1.95. The molecule has 20 heavy (non-hydrogen) atoms. The van der Waals surface area contributed by atoms with E-state index in [1.54, 1.807) is 6.07 Å². The van der Waals surface area contributed by atoms with E-state index in [-0.39, 0.29) is 23.5 Å². The maximum Gasteiger partial charge on any atom is 0.335 e. The van der Waals surface area contributed by atoms with Crippen molar-refractivity contribution in [3.8, 4) is 5.75 Å². The molecule has 1 N–H and O–H groups in total. The van der Waals surface area contributed by atoms with Crippen molar-refractivity contribution in [1.29, 1.82) is 0 Å². The van der Waals surface area contributed by atoms with Crippen molar-refractivity contribution in [1.82, 2.24) is 0 Å². The predicted molar refractivity (Wildman–Crippen MR) is 71.8 cm³/mol. The molecule has 6 heteroatoms. The van der Waals surface area contributed by atoms with Crippen LogP contribution in [0.25, 0.3) is 0 Å². The second-order valence-corrected chi connectivity index (χ2v) is 4.89. The molecule has 0 amide bonds. The zero-order chi connectivity index (χ0) is 14.7. The molecule has 2 aromatic rings. The van der Waals surface area contributed by atoms with Gasteiger partial charge >= 0.3 is 5.97 Å². The summed E-state index contributed by atoms with van der Waals surface area (Å²) in [6.07, 6.45) is 0. The van der Waals surface area contributed by atoms with Gasteiger partial charge in [0.05, 0.1) is 5.56 Å². The lowest BCUT2D eigenvalue weighted by Gasteiger charge is -2.08.